The molecule has 4 heteroatoms. The monoisotopic (exact) mass is 469 g/mol. The van der Waals surface area contributed by atoms with Gasteiger partial charge in [-0.2, -0.15) is 0 Å². The molecule has 4 rings (SSSR count). The van der Waals surface area contributed by atoms with E-state index in [2.05, 4.69) is 124 Å². The predicted molar refractivity (Wildman–Crippen MR) is 129 cm³/mol. The average molecular weight is 471 g/mol. The molecule has 3 aromatic carbocycles. The fraction of sp³-hybridized carbons (Fsp3) is 0.0417. The van der Waals surface area contributed by atoms with Crippen molar-refractivity contribution in [2.24, 2.45) is 0 Å². The molecule has 0 radical (unpaired) electrons. The third-order valence-corrected chi connectivity index (χ3v) is 14.5. The SMILES string of the molecule is BrP(Cc1ccccn1)(c1ccccc1)(c1ccccc1)c1ccccc1.Cl. The molecule has 0 spiro atoms. The van der Waals surface area contributed by atoms with Crippen LogP contribution in [-0.2, 0) is 6.16 Å². The average Bonchev–Trinajstić information content (AvgIpc) is 2.76. The molecule has 0 amide bonds. The molecule has 1 heterocycles. The molecule has 0 aliphatic rings. The molecule has 0 atom stereocenters. The Bertz CT molecular complexity index is 912. The minimum atomic E-state index is -2.93. The van der Waals surface area contributed by atoms with Gasteiger partial charge in [0, 0.05) is 0 Å². The van der Waals surface area contributed by atoms with Crippen LogP contribution in [0.25, 0.3) is 0 Å². The van der Waals surface area contributed by atoms with E-state index in [4.69, 9.17) is 0 Å². The number of pyridine rings is 1. The molecule has 1 nitrogen and oxygen atoms in total. The normalized spacial score (nSPS) is 12.4. The van der Waals surface area contributed by atoms with E-state index >= 15 is 0 Å². The smallest absolute Gasteiger partial charge is 0.147 e. The molecule has 0 saturated carbocycles. The Morgan fingerprint density at radius 3 is 1.32 bits per heavy atom. The number of halogens is 2. The Kier molecular flexibility index (Phi) is 6.35. The topological polar surface area (TPSA) is 12.9 Å². The number of aromatic nitrogens is 1. The van der Waals surface area contributed by atoms with E-state index in [9.17, 15) is 0 Å². The summed E-state index contributed by atoms with van der Waals surface area (Å²) >= 11 is 4.44. The molecule has 28 heavy (non-hydrogen) atoms. The van der Waals surface area contributed by atoms with Gasteiger partial charge in [0.1, 0.15) is 0 Å². The first-order valence-corrected chi connectivity index (χ1v) is 13.5. The van der Waals surface area contributed by atoms with Crippen molar-refractivity contribution in [2.75, 3.05) is 0 Å². The molecule has 0 bridgehead atoms. The largest absolute Gasteiger partial charge is 0.147 e. The number of benzene rings is 3. The second-order valence-electron chi connectivity index (χ2n) is 6.67. The Morgan fingerprint density at radius 2 is 0.964 bits per heavy atom. The van der Waals surface area contributed by atoms with Crippen molar-refractivity contribution >= 4 is 49.1 Å². The maximum atomic E-state index is 4.69. The van der Waals surface area contributed by atoms with Gasteiger partial charge in [0.2, 0.25) is 0 Å². The third kappa shape index (κ3) is 3.53. The molecule has 0 unspecified atom stereocenters. The van der Waals surface area contributed by atoms with E-state index in [0.29, 0.717) is 0 Å². The summed E-state index contributed by atoms with van der Waals surface area (Å²) in [7, 11) is 0. The number of nitrogens with zero attached hydrogens (tertiary/aromatic N) is 1. The van der Waals surface area contributed by atoms with Crippen molar-refractivity contribution in [3.8, 4) is 0 Å². The Labute approximate surface area is 180 Å². The van der Waals surface area contributed by atoms with Crippen LogP contribution in [0.2, 0.25) is 0 Å². The summed E-state index contributed by atoms with van der Waals surface area (Å²) in [6.45, 7) is 0. The van der Waals surface area contributed by atoms with Gasteiger partial charge >= 0.3 is 169 Å². The second-order valence-corrected chi connectivity index (χ2v) is 15.6. The molecule has 0 fully saturated rings. The van der Waals surface area contributed by atoms with Gasteiger partial charge in [-0.25, -0.2) is 0 Å². The molecule has 1 aromatic heterocycles. The standard InChI is InChI=1S/C24H21BrNP.ClH/c25-27(22-13-4-1-5-14-22,23-15-6-2-7-16-23,24-17-8-3-9-18-24)20-21-12-10-11-19-26-21;/h1-19H,20H2;1H. The van der Waals surface area contributed by atoms with Gasteiger partial charge in [0.15, 0.2) is 0 Å². The van der Waals surface area contributed by atoms with Crippen molar-refractivity contribution in [1.29, 1.82) is 0 Å². The van der Waals surface area contributed by atoms with Crippen LogP contribution in [0.3, 0.4) is 0 Å². The predicted octanol–water partition coefficient (Wildman–Crippen LogP) is 5.84. The molecule has 0 saturated heterocycles. The molecular weight excluding hydrogens is 449 g/mol. The second kappa shape index (κ2) is 8.57. The minimum absolute atomic E-state index is 0. The zero-order chi connectivity index (χ0) is 18.6. The van der Waals surface area contributed by atoms with Crippen LogP contribution < -0.4 is 15.9 Å². The number of hydrogen-bond acceptors (Lipinski definition) is 1. The molecule has 4 aromatic rings. The summed E-state index contributed by atoms with van der Waals surface area (Å²) < 4.78 is 0. The molecule has 0 aliphatic carbocycles. The summed E-state index contributed by atoms with van der Waals surface area (Å²) in [5.41, 5.74) is 1.09. The molecule has 142 valence electrons. The van der Waals surface area contributed by atoms with Crippen molar-refractivity contribution in [3.63, 3.8) is 0 Å². The summed E-state index contributed by atoms with van der Waals surface area (Å²) in [4.78, 5) is 4.69. The first-order valence-electron chi connectivity index (χ1n) is 9.01. The van der Waals surface area contributed by atoms with Gasteiger partial charge in [-0.15, -0.1) is 12.4 Å². The molecule has 0 aliphatic heterocycles. The summed E-state index contributed by atoms with van der Waals surface area (Å²) in [6.07, 6.45) is 2.70. The van der Waals surface area contributed by atoms with Gasteiger partial charge in [-0.1, -0.05) is 0 Å². The first-order chi connectivity index (χ1) is 13.2. The van der Waals surface area contributed by atoms with Crippen molar-refractivity contribution < 1.29 is 0 Å². The van der Waals surface area contributed by atoms with E-state index in [1.54, 1.807) is 0 Å². The van der Waals surface area contributed by atoms with Crippen LogP contribution in [-0.4, -0.2) is 4.98 Å². The van der Waals surface area contributed by atoms with Crippen LogP contribution in [0, 0.1) is 0 Å². The summed E-state index contributed by atoms with van der Waals surface area (Å²) in [5, 5.41) is 1.01. The fourth-order valence-corrected chi connectivity index (χ4v) is 11.3. The van der Waals surface area contributed by atoms with Crippen LogP contribution in [0.5, 0.6) is 0 Å². The van der Waals surface area contributed by atoms with Gasteiger partial charge < -0.3 is 0 Å². The van der Waals surface area contributed by atoms with E-state index in [-0.39, 0.29) is 12.4 Å². The maximum Gasteiger partial charge on any atom is -0.147 e. The summed E-state index contributed by atoms with van der Waals surface area (Å²) in [5.74, 6) is 0. The zero-order valence-corrected chi connectivity index (χ0v) is 18.7. The number of rotatable bonds is 5. The fourth-order valence-electron chi connectivity index (χ4n) is 3.73. The van der Waals surface area contributed by atoms with E-state index in [0.717, 1.165) is 11.9 Å². The Balaban J connectivity index is 0.00000225. The van der Waals surface area contributed by atoms with Crippen LogP contribution in [0.4, 0.5) is 0 Å². The van der Waals surface area contributed by atoms with Gasteiger partial charge in [-0.05, 0) is 0 Å². The van der Waals surface area contributed by atoms with Crippen molar-refractivity contribution in [1.82, 2.24) is 4.98 Å². The first kappa shape index (κ1) is 20.7. The maximum absolute atomic E-state index is 4.69. The molecular formula is C24H22BrClNP. The summed E-state index contributed by atoms with van der Waals surface area (Å²) in [6, 6.07) is 38.6. The van der Waals surface area contributed by atoms with Crippen LogP contribution in [0.1, 0.15) is 5.69 Å². The van der Waals surface area contributed by atoms with Gasteiger partial charge in [-0.3, -0.25) is 0 Å². The zero-order valence-electron chi connectivity index (χ0n) is 15.4. The van der Waals surface area contributed by atoms with E-state index < -0.39 is 5.31 Å². The quantitative estimate of drug-likeness (QED) is 0.334. The third-order valence-electron chi connectivity index (χ3n) is 5.07. The van der Waals surface area contributed by atoms with Crippen LogP contribution in [0.15, 0.2) is 115 Å². The Morgan fingerprint density at radius 1 is 0.571 bits per heavy atom. The van der Waals surface area contributed by atoms with Gasteiger partial charge in [0.25, 0.3) is 0 Å². The van der Waals surface area contributed by atoms with Crippen LogP contribution >= 0.6 is 33.2 Å². The van der Waals surface area contributed by atoms with Crippen molar-refractivity contribution in [3.05, 3.63) is 121 Å². The minimum Gasteiger partial charge on any atom is -0.147 e. The molecule has 0 N–H and O–H groups in total. The van der Waals surface area contributed by atoms with E-state index in [1.807, 2.05) is 12.3 Å². The van der Waals surface area contributed by atoms with E-state index in [1.165, 1.54) is 15.9 Å². The number of hydrogen-bond donors (Lipinski definition) is 0. The van der Waals surface area contributed by atoms with Crippen molar-refractivity contribution in [2.45, 2.75) is 6.16 Å². The van der Waals surface area contributed by atoms with Gasteiger partial charge in [0.05, 0.1) is 0 Å². The Hall–Kier alpha value is -1.99.